The van der Waals surface area contributed by atoms with Gasteiger partial charge in [-0.1, -0.05) is 5.92 Å². The zero-order valence-electron chi connectivity index (χ0n) is 7.04. The largest absolute Gasteiger partial charge is 1.00 e. The van der Waals surface area contributed by atoms with E-state index in [4.69, 9.17) is 6.42 Å². The molecule has 0 radical (unpaired) electrons. The molecule has 4 nitrogen and oxygen atoms in total. The Morgan fingerprint density at radius 1 is 1.50 bits per heavy atom. The van der Waals surface area contributed by atoms with Gasteiger partial charge in [-0.15, -0.1) is 6.42 Å². The number of rotatable bonds is 5. The first kappa shape index (κ1) is 14.9. The summed E-state index contributed by atoms with van der Waals surface area (Å²) >= 11 is 0. The molecule has 0 bridgehead atoms. The standard InChI is InChI=1S/C6H11NO3S.Na/c1-2-4-7-5-3-6-11(8,9)10;/h1,7H,3-6H2,(H,8,9,10);/q;+1/p-1. The van der Waals surface area contributed by atoms with Crippen LogP contribution >= 0.6 is 0 Å². The third-order valence-corrected chi connectivity index (χ3v) is 1.76. The second kappa shape index (κ2) is 8.05. The van der Waals surface area contributed by atoms with E-state index < -0.39 is 10.1 Å². The summed E-state index contributed by atoms with van der Waals surface area (Å²) in [5, 5.41) is 2.77. The molecule has 0 aromatic rings. The number of nitrogens with one attached hydrogen (secondary N) is 1. The Morgan fingerprint density at radius 2 is 2.08 bits per heavy atom. The molecule has 0 atom stereocenters. The van der Waals surface area contributed by atoms with E-state index in [0.717, 1.165) is 0 Å². The summed E-state index contributed by atoms with van der Waals surface area (Å²) in [6.07, 6.45) is 5.22. The zero-order chi connectivity index (χ0) is 8.74. The molecule has 0 rings (SSSR count). The Hall–Kier alpha value is 0.430. The summed E-state index contributed by atoms with van der Waals surface area (Å²) < 4.78 is 30.1. The maximum absolute atomic E-state index is 10.0. The van der Waals surface area contributed by atoms with Crippen molar-refractivity contribution in [2.75, 3.05) is 18.8 Å². The SMILES string of the molecule is C#CCNCCCS(=O)(=O)[O-].[Na+]. The molecule has 0 aromatic carbocycles. The molecule has 0 heterocycles. The second-order valence-electron chi connectivity index (χ2n) is 2.00. The van der Waals surface area contributed by atoms with Crippen LogP contribution in [-0.2, 0) is 10.1 Å². The van der Waals surface area contributed by atoms with E-state index >= 15 is 0 Å². The third kappa shape index (κ3) is 13.1. The van der Waals surface area contributed by atoms with Crippen LogP contribution in [0.25, 0.3) is 0 Å². The Kier molecular flexibility index (Phi) is 10.0. The van der Waals surface area contributed by atoms with Crippen molar-refractivity contribution in [1.29, 1.82) is 0 Å². The van der Waals surface area contributed by atoms with Gasteiger partial charge in [0.25, 0.3) is 0 Å². The molecule has 0 fully saturated rings. The van der Waals surface area contributed by atoms with Crippen molar-refractivity contribution in [2.45, 2.75) is 6.42 Å². The Labute approximate surface area is 95.2 Å². The summed E-state index contributed by atoms with van der Waals surface area (Å²) in [4.78, 5) is 0. The number of hydrogen-bond donors (Lipinski definition) is 1. The zero-order valence-corrected chi connectivity index (χ0v) is 9.86. The fourth-order valence-electron chi connectivity index (χ4n) is 0.535. The maximum atomic E-state index is 10.0. The molecule has 0 amide bonds. The predicted octanol–water partition coefficient (Wildman–Crippen LogP) is -3.85. The van der Waals surface area contributed by atoms with Crippen LogP contribution in [0.4, 0.5) is 0 Å². The van der Waals surface area contributed by atoms with E-state index in [0.29, 0.717) is 19.5 Å². The molecule has 0 saturated carbocycles. The van der Waals surface area contributed by atoms with Crippen LogP contribution in [0.1, 0.15) is 6.42 Å². The molecule has 6 heteroatoms. The van der Waals surface area contributed by atoms with Gasteiger partial charge in [-0.2, -0.15) is 0 Å². The monoisotopic (exact) mass is 199 g/mol. The van der Waals surface area contributed by atoms with E-state index in [1.165, 1.54) is 0 Å². The van der Waals surface area contributed by atoms with E-state index in [1.807, 2.05) is 0 Å². The minimum atomic E-state index is -4.05. The molecule has 1 N–H and O–H groups in total. The van der Waals surface area contributed by atoms with Gasteiger partial charge in [0.2, 0.25) is 0 Å². The van der Waals surface area contributed by atoms with Crippen LogP contribution < -0.4 is 34.9 Å². The fraction of sp³-hybridized carbons (Fsp3) is 0.667. The Balaban J connectivity index is 0. The van der Waals surface area contributed by atoms with Gasteiger partial charge in [-0.05, 0) is 13.0 Å². The quantitative estimate of drug-likeness (QED) is 0.213. The molecule has 0 aliphatic carbocycles. The van der Waals surface area contributed by atoms with Gasteiger partial charge >= 0.3 is 29.6 Å². The van der Waals surface area contributed by atoms with E-state index in [1.54, 1.807) is 0 Å². The van der Waals surface area contributed by atoms with Gasteiger partial charge in [0.1, 0.15) is 0 Å². The predicted molar refractivity (Wildman–Crippen MR) is 40.9 cm³/mol. The molecule has 0 aliphatic rings. The maximum Gasteiger partial charge on any atom is 1.00 e. The van der Waals surface area contributed by atoms with E-state index in [9.17, 15) is 13.0 Å². The van der Waals surface area contributed by atoms with Crippen LogP contribution in [0.15, 0.2) is 0 Å². The molecule has 0 spiro atoms. The topological polar surface area (TPSA) is 69.2 Å². The van der Waals surface area contributed by atoms with Crippen LogP contribution in [0, 0.1) is 12.3 Å². The van der Waals surface area contributed by atoms with Gasteiger partial charge < -0.3 is 9.87 Å². The molecular weight excluding hydrogens is 189 g/mol. The molecule has 0 aliphatic heterocycles. The van der Waals surface area contributed by atoms with Gasteiger partial charge in [0, 0.05) is 5.75 Å². The van der Waals surface area contributed by atoms with Gasteiger partial charge in [0.15, 0.2) is 0 Å². The third-order valence-electron chi connectivity index (χ3n) is 0.975. The van der Waals surface area contributed by atoms with E-state index in [-0.39, 0.29) is 35.3 Å². The number of terminal acetylenes is 1. The van der Waals surface area contributed by atoms with Crippen molar-refractivity contribution in [3.63, 3.8) is 0 Å². The first-order valence-electron chi connectivity index (χ1n) is 3.14. The molecule has 0 saturated heterocycles. The van der Waals surface area contributed by atoms with Crippen molar-refractivity contribution in [1.82, 2.24) is 5.32 Å². The van der Waals surface area contributed by atoms with Crippen LogP contribution in [0.5, 0.6) is 0 Å². The van der Waals surface area contributed by atoms with Crippen molar-refractivity contribution in [2.24, 2.45) is 0 Å². The van der Waals surface area contributed by atoms with E-state index in [2.05, 4.69) is 11.2 Å². The summed E-state index contributed by atoms with van der Waals surface area (Å²) in [5.74, 6) is 2.00. The van der Waals surface area contributed by atoms with Crippen molar-refractivity contribution >= 4 is 10.1 Å². The summed E-state index contributed by atoms with van der Waals surface area (Å²) in [7, 11) is -4.05. The average Bonchev–Trinajstić information content (AvgIpc) is 1.85. The Bertz CT molecular complexity index is 232. The average molecular weight is 199 g/mol. The minimum absolute atomic E-state index is 0. The molecule has 64 valence electrons. The fourth-order valence-corrected chi connectivity index (χ4v) is 1.03. The van der Waals surface area contributed by atoms with Crippen LogP contribution in [-0.4, -0.2) is 31.8 Å². The summed E-state index contributed by atoms with van der Waals surface area (Å²) in [6.45, 7) is 0.866. The second-order valence-corrected chi connectivity index (χ2v) is 3.52. The van der Waals surface area contributed by atoms with Gasteiger partial charge in [0.05, 0.1) is 16.7 Å². The first-order valence-corrected chi connectivity index (χ1v) is 4.72. The molecule has 0 unspecified atom stereocenters. The normalized spacial score (nSPS) is 10.0. The molecular formula is C6H10NNaO3S. The van der Waals surface area contributed by atoms with Crippen molar-refractivity contribution in [3.8, 4) is 12.3 Å². The van der Waals surface area contributed by atoms with Gasteiger partial charge in [-0.25, -0.2) is 8.42 Å². The van der Waals surface area contributed by atoms with Gasteiger partial charge in [-0.3, -0.25) is 0 Å². The first-order chi connectivity index (χ1) is 5.06. The van der Waals surface area contributed by atoms with Crippen LogP contribution in [0.3, 0.4) is 0 Å². The van der Waals surface area contributed by atoms with Crippen LogP contribution in [0.2, 0.25) is 0 Å². The van der Waals surface area contributed by atoms with Crippen molar-refractivity contribution in [3.05, 3.63) is 0 Å². The smallest absolute Gasteiger partial charge is 0.748 e. The molecule has 12 heavy (non-hydrogen) atoms. The summed E-state index contributed by atoms with van der Waals surface area (Å²) in [5.41, 5.74) is 0. The molecule has 0 aromatic heterocycles. The minimum Gasteiger partial charge on any atom is -0.748 e. The van der Waals surface area contributed by atoms with Crippen molar-refractivity contribution < 1.29 is 42.5 Å². The number of hydrogen-bond acceptors (Lipinski definition) is 4. The Morgan fingerprint density at radius 3 is 2.50 bits per heavy atom. The summed E-state index contributed by atoms with van der Waals surface area (Å²) in [6, 6.07) is 0.